The Balaban J connectivity index is 1.29. The van der Waals surface area contributed by atoms with E-state index in [9.17, 15) is 4.79 Å². The maximum absolute atomic E-state index is 12.5. The third-order valence-electron chi connectivity index (χ3n) is 5.99. The highest BCUT2D eigenvalue weighted by molar-refractivity contribution is 5.94. The number of nitriles is 1. The number of likely N-dealkylation sites (tertiary alicyclic amines) is 1. The van der Waals surface area contributed by atoms with Gasteiger partial charge in [0.2, 0.25) is 0 Å². The lowest BCUT2D eigenvalue weighted by Gasteiger charge is -2.07. The summed E-state index contributed by atoms with van der Waals surface area (Å²) < 4.78 is 0. The van der Waals surface area contributed by atoms with Gasteiger partial charge in [-0.05, 0) is 47.4 Å². The molecule has 5 rings (SSSR count). The number of aromatic nitrogens is 2. The van der Waals surface area contributed by atoms with Crippen molar-refractivity contribution >= 4 is 16.9 Å². The van der Waals surface area contributed by atoms with Crippen molar-refractivity contribution in [1.29, 1.82) is 5.26 Å². The summed E-state index contributed by atoms with van der Waals surface area (Å²) in [6.07, 6.45) is 3.16. The maximum Gasteiger partial charge on any atom is 0.251 e. The molecule has 1 atom stereocenters. The maximum atomic E-state index is 12.5. The largest absolute Gasteiger partial charge is 0.348 e. The molecule has 0 bridgehead atoms. The second kappa shape index (κ2) is 8.56. The molecule has 1 aromatic heterocycles. The van der Waals surface area contributed by atoms with E-state index in [0.29, 0.717) is 12.1 Å². The molecule has 4 aromatic rings. The molecule has 0 saturated carbocycles. The van der Waals surface area contributed by atoms with Crippen molar-refractivity contribution < 1.29 is 4.79 Å². The van der Waals surface area contributed by atoms with Gasteiger partial charge in [-0.25, -0.2) is 4.98 Å². The third-order valence-corrected chi connectivity index (χ3v) is 5.99. The molecule has 32 heavy (non-hydrogen) atoms. The molecule has 1 aliphatic heterocycles. The molecule has 1 unspecified atom stereocenters. The first-order valence-corrected chi connectivity index (χ1v) is 10.8. The van der Waals surface area contributed by atoms with Crippen LogP contribution in [0.3, 0.4) is 0 Å². The summed E-state index contributed by atoms with van der Waals surface area (Å²) >= 11 is 0. The zero-order chi connectivity index (χ0) is 21.9. The molecule has 6 heteroatoms. The van der Waals surface area contributed by atoms with Crippen LogP contribution < -0.4 is 5.32 Å². The number of fused-ring (bicyclic) bond motifs is 1. The minimum Gasteiger partial charge on any atom is -0.348 e. The van der Waals surface area contributed by atoms with Crippen LogP contribution in [0.2, 0.25) is 0 Å². The average molecular weight is 422 g/mol. The topological polar surface area (TPSA) is 84.8 Å². The SMILES string of the molecule is N#CN1CCC(c2nc3ccc(-c4ccc(C(=O)NCc5ccccc5)cc4)cc3[nH]2)C1. The van der Waals surface area contributed by atoms with E-state index in [1.165, 1.54) is 0 Å². The highest BCUT2D eigenvalue weighted by Crippen LogP contribution is 2.29. The van der Waals surface area contributed by atoms with E-state index < -0.39 is 0 Å². The van der Waals surface area contributed by atoms with Crippen molar-refractivity contribution in [3.8, 4) is 17.3 Å². The molecular formula is C26H23N5O. The Morgan fingerprint density at radius 1 is 1.09 bits per heavy atom. The van der Waals surface area contributed by atoms with Crippen molar-refractivity contribution in [3.05, 3.63) is 89.7 Å². The highest BCUT2D eigenvalue weighted by atomic mass is 16.1. The summed E-state index contributed by atoms with van der Waals surface area (Å²) in [5.74, 6) is 1.12. The van der Waals surface area contributed by atoms with Gasteiger partial charge >= 0.3 is 0 Å². The van der Waals surface area contributed by atoms with Crippen LogP contribution in [-0.2, 0) is 6.54 Å². The van der Waals surface area contributed by atoms with Gasteiger partial charge in [0.1, 0.15) is 5.82 Å². The van der Waals surface area contributed by atoms with Gasteiger partial charge in [-0.3, -0.25) is 4.79 Å². The van der Waals surface area contributed by atoms with E-state index in [-0.39, 0.29) is 11.8 Å². The number of hydrogen-bond acceptors (Lipinski definition) is 4. The van der Waals surface area contributed by atoms with Crippen molar-refractivity contribution in [2.24, 2.45) is 0 Å². The number of carbonyl (C=O) groups excluding carboxylic acids is 1. The predicted octanol–water partition coefficient (Wildman–Crippen LogP) is 4.43. The molecule has 0 aliphatic carbocycles. The van der Waals surface area contributed by atoms with Gasteiger partial charge in [0.05, 0.1) is 11.0 Å². The number of aromatic amines is 1. The fourth-order valence-corrected chi connectivity index (χ4v) is 4.17. The van der Waals surface area contributed by atoms with Crippen molar-refractivity contribution in [3.63, 3.8) is 0 Å². The summed E-state index contributed by atoms with van der Waals surface area (Å²) in [6, 6.07) is 23.7. The second-order valence-corrected chi connectivity index (χ2v) is 8.13. The van der Waals surface area contributed by atoms with Gasteiger partial charge in [0, 0.05) is 31.1 Å². The smallest absolute Gasteiger partial charge is 0.251 e. The third kappa shape index (κ3) is 4.06. The van der Waals surface area contributed by atoms with Gasteiger partial charge in [-0.1, -0.05) is 48.5 Å². The van der Waals surface area contributed by atoms with E-state index in [2.05, 4.69) is 22.6 Å². The summed E-state index contributed by atoms with van der Waals surface area (Å²) in [5, 5.41) is 12.0. The monoisotopic (exact) mass is 421 g/mol. The van der Waals surface area contributed by atoms with Crippen LogP contribution in [0, 0.1) is 11.5 Å². The van der Waals surface area contributed by atoms with E-state index in [0.717, 1.165) is 53.1 Å². The van der Waals surface area contributed by atoms with Gasteiger partial charge in [-0.2, -0.15) is 5.26 Å². The van der Waals surface area contributed by atoms with Crippen LogP contribution in [0.4, 0.5) is 0 Å². The molecule has 0 spiro atoms. The summed E-state index contributed by atoms with van der Waals surface area (Å²) in [5.41, 5.74) is 5.72. The number of nitrogens with one attached hydrogen (secondary N) is 2. The lowest BCUT2D eigenvalue weighted by Crippen LogP contribution is -2.22. The van der Waals surface area contributed by atoms with Crippen LogP contribution >= 0.6 is 0 Å². The van der Waals surface area contributed by atoms with Gasteiger partial charge < -0.3 is 15.2 Å². The fourth-order valence-electron chi connectivity index (χ4n) is 4.17. The van der Waals surface area contributed by atoms with Crippen LogP contribution in [-0.4, -0.2) is 33.9 Å². The lowest BCUT2D eigenvalue weighted by molar-refractivity contribution is 0.0951. The minimum atomic E-state index is -0.0861. The van der Waals surface area contributed by atoms with Crippen LogP contribution in [0.5, 0.6) is 0 Å². The van der Waals surface area contributed by atoms with E-state index in [4.69, 9.17) is 10.2 Å². The van der Waals surface area contributed by atoms with Crippen LogP contribution in [0.1, 0.15) is 34.1 Å². The molecule has 2 heterocycles. The number of H-pyrrole nitrogens is 1. The Bertz CT molecular complexity index is 1290. The fraction of sp³-hybridized carbons (Fsp3) is 0.192. The van der Waals surface area contributed by atoms with Crippen molar-refractivity contribution in [1.82, 2.24) is 20.2 Å². The first-order chi connectivity index (χ1) is 15.7. The standard InChI is InChI=1S/C26H23N5O/c27-17-31-13-12-22(16-31)25-29-23-11-10-21(14-24(23)30-25)19-6-8-20(9-7-19)26(32)28-15-18-4-2-1-3-5-18/h1-11,14,22H,12-13,15-16H2,(H,28,32)(H,29,30). The molecule has 2 N–H and O–H groups in total. The second-order valence-electron chi connectivity index (χ2n) is 8.13. The molecule has 1 saturated heterocycles. The molecule has 1 fully saturated rings. The number of imidazole rings is 1. The average Bonchev–Trinajstić information content (AvgIpc) is 3.49. The Morgan fingerprint density at radius 2 is 1.88 bits per heavy atom. The zero-order valence-corrected chi connectivity index (χ0v) is 17.6. The Kier molecular flexibility index (Phi) is 5.30. The molecule has 1 aliphatic rings. The van der Waals surface area contributed by atoms with Gasteiger partial charge in [-0.15, -0.1) is 0 Å². The summed E-state index contributed by atoms with van der Waals surface area (Å²) in [6.45, 7) is 2.01. The number of nitrogens with zero attached hydrogens (tertiary/aromatic N) is 3. The first kappa shape index (κ1) is 19.8. The predicted molar refractivity (Wildman–Crippen MR) is 124 cm³/mol. The summed E-state index contributed by atoms with van der Waals surface area (Å²) in [4.78, 5) is 22.4. The lowest BCUT2D eigenvalue weighted by atomic mass is 10.0. The zero-order valence-electron chi connectivity index (χ0n) is 17.6. The molecule has 6 nitrogen and oxygen atoms in total. The Hall–Kier alpha value is -4.11. The number of carbonyl (C=O) groups is 1. The van der Waals surface area contributed by atoms with Crippen LogP contribution in [0.15, 0.2) is 72.8 Å². The van der Waals surface area contributed by atoms with E-state index >= 15 is 0 Å². The number of benzene rings is 3. The molecule has 158 valence electrons. The number of amides is 1. The van der Waals surface area contributed by atoms with E-state index in [1.54, 1.807) is 4.90 Å². The number of hydrogen-bond donors (Lipinski definition) is 2. The molecular weight excluding hydrogens is 398 g/mol. The summed E-state index contributed by atoms with van der Waals surface area (Å²) in [7, 11) is 0. The minimum absolute atomic E-state index is 0.0861. The molecule has 1 amide bonds. The highest BCUT2D eigenvalue weighted by Gasteiger charge is 2.25. The Labute approximate surface area is 186 Å². The Morgan fingerprint density at radius 3 is 2.62 bits per heavy atom. The van der Waals surface area contributed by atoms with Crippen molar-refractivity contribution in [2.45, 2.75) is 18.9 Å². The van der Waals surface area contributed by atoms with Gasteiger partial charge in [0.25, 0.3) is 5.91 Å². The van der Waals surface area contributed by atoms with Crippen LogP contribution in [0.25, 0.3) is 22.2 Å². The molecule has 0 radical (unpaired) electrons. The van der Waals surface area contributed by atoms with Gasteiger partial charge in [0.15, 0.2) is 6.19 Å². The van der Waals surface area contributed by atoms with Crippen molar-refractivity contribution in [2.75, 3.05) is 13.1 Å². The van der Waals surface area contributed by atoms with E-state index in [1.807, 2.05) is 66.7 Å². The quantitative estimate of drug-likeness (QED) is 0.467. The normalized spacial score (nSPS) is 15.6. The molecule has 3 aromatic carbocycles. The first-order valence-electron chi connectivity index (χ1n) is 10.8. The number of rotatable bonds is 5.